The molecule has 0 bridgehead atoms. The molecule has 1 aromatic rings. The Labute approximate surface area is 65.8 Å². The molecule has 1 atom stereocenters. The molecule has 1 aliphatic carbocycles. The maximum Gasteiger partial charge on any atom is 0.0963 e. The molecule has 2 rings (SSSR count). The number of hydrogen-bond acceptors (Lipinski definition) is 2. The summed E-state index contributed by atoms with van der Waals surface area (Å²) in [5.74, 6) is 0.445. The highest BCUT2D eigenvalue weighted by Gasteiger charge is 2.41. The zero-order chi connectivity index (χ0) is 7.90. The molecule has 0 aromatic carbocycles. The van der Waals surface area contributed by atoms with Crippen LogP contribution in [0, 0.1) is 5.92 Å². The van der Waals surface area contributed by atoms with Gasteiger partial charge in [0.2, 0.25) is 0 Å². The number of hydrogen-bond donors (Lipinski definition) is 1. The van der Waals surface area contributed by atoms with Crippen LogP contribution in [-0.2, 0) is 5.60 Å². The van der Waals surface area contributed by atoms with Gasteiger partial charge in [0.1, 0.15) is 0 Å². The van der Waals surface area contributed by atoms with Gasteiger partial charge >= 0.3 is 0 Å². The highest BCUT2D eigenvalue weighted by molar-refractivity contribution is 5.18. The Morgan fingerprint density at radius 2 is 2.36 bits per heavy atom. The van der Waals surface area contributed by atoms with Crippen molar-refractivity contribution < 1.29 is 9.52 Å². The van der Waals surface area contributed by atoms with Gasteiger partial charge in [-0.2, -0.15) is 0 Å². The van der Waals surface area contributed by atoms with Gasteiger partial charge in [0, 0.05) is 5.56 Å². The molecule has 1 unspecified atom stereocenters. The molecule has 0 spiro atoms. The smallest absolute Gasteiger partial charge is 0.0963 e. The molecule has 60 valence electrons. The molecule has 1 N–H and O–H groups in total. The summed E-state index contributed by atoms with van der Waals surface area (Å²) in [4.78, 5) is 0. The number of furan rings is 1. The molecular weight excluding hydrogens is 140 g/mol. The highest BCUT2D eigenvalue weighted by Crippen LogP contribution is 2.45. The van der Waals surface area contributed by atoms with Gasteiger partial charge in [-0.1, -0.05) is 0 Å². The van der Waals surface area contributed by atoms with Gasteiger partial charge < -0.3 is 9.52 Å². The van der Waals surface area contributed by atoms with Crippen molar-refractivity contribution in [3.63, 3.8) is 0 Å². The van der Waals surface area contributed by atoms with Crippen molar-refractivity contribution in [1.82, 2.24) is 0 Å². The van der Waals surface area contributed by atoms with Crippen LogP contribution >= 0.6 is 0 Å². The van der Waals surface area contributed by atoms with Gasteiger partial charge in [-0.25, -0.2) is 0 Å². The first-order valence-corrected chi connectivity index (χ1v) is 3.96. The van der Waals surface area contributed by atoms with Gasteiger partial charge in [-0.05, 0) is 31.7 Å². The van der Waals surface area contributed by atoms with E-state index in [1.54, 1.807) is 12.5 Å². The van der Waals surface area contributed by atoms with Crippen LogP contribution in [0.25, 0.3) is 0 Å². The van der Waals surface area contributed by atoms with Crippen LogP contribution in [0.4, 0.5) is 0 Å². The van der Waals surface area contributed by atoms with Crippen molar-refractivity contribution in [2.24, 2.45) is 5.92 Å². The van der Waals surface area contributed by atoms with E-state index in [4.69, 9.17) is 4.42 Å². The van der Waals surface area contributed by atoms with Crippen molar-refractivity contribution in [3.8, 4) is 0 Å². The van der Waals surface area contributed by atoms with Crippen molar-refractivity contribution in [2.45, 2.75) is 25.4 Å². The van der Waals surface area contributed by atoms with Gasteiger partial charge in [0.15, 0.2) is 0 Å². The molecule has 1 saturated carbocycles. The Morgan fingerprint density at radius 1 is 1.64 bits per heavy atom. The molecule has 1 aromatic heterocycles. The van der Waals surface area contributed by atoms with Crippen LogP contribution in [-0.4, -0.2) is 5.11 Å². The highest BCUT2D eigenvalue weighted by atomic mass is 16.3. The fourth-order valence-electron chi connectivity index (χ4n) is 1.43. The summed E-state index contributed by atoms with van der Waals surface area (Å²) in [6, 6.07) is 1.83. The topological polar surface area (TPSA) is 33.4 Å². The Balaban J connectivity index is 2.26. The van der Waals surface area contributed by atoms with Crippen molar-refractivity contribution in [3.05, 3.63) is 24.2 Å². The van der Waals surface area contributed by atoms with E-state index < -0.39 is 5.60 Å². The van der Waals surface area contributed by atoms with E-state index in [1.165, 1.54) is 0 Å². The molecular formula is C9H12O2. The summed E-state index contributed by atoms with van der Waals surface area (Å²) in [6.07, 6.45) is 5.50. The third-order valence-corrected chi connectivity index (χ3v) is 2.48. The fourth-order valence-corrected chi connectivity index (χ4v) is 1.43. The van der Waals surface area contributed by atoms with Gasteiger partial charge in [0.05, 0.1) is 18.1 Å². The van der Waals surface area contributed by atoms with E-state index in [9.17, 15) is 5.11 Å². The minimum atomic E-state index is -0.660. The molecule has 2 nitrogen and oxygen atoms in total. The standard InChI is InChI=1S/C9H12O2/c1-9(10,7-2-3-7)8-4-5-11-6-8/h4-7,10H,2-3H2,1H3. The lowest BCUT2D eigenvalue weighted by Gasteiger charge is -2.20. The summed E-state index contributed by atoms with van der Waals surface area (Å²) >= 11 is 0. The molecule has 1 aliphatic rings. The Hall–Kier alpha value is -0.760. The van der Waals surface area contributed by atoms with Gasteiger partial charge in [-0.15, -0.1) is 0 Å². The van der Waals surface area contributed by atoms with Crippen LogP contribution < -0.4 is 0 Å². The summed E-state index contributed by atoms with van der Waals surface area (Å²) in [7, 11) is 0. The molecule has 1 fully saturated rings. The summed E-state index contributed by atoms with van der Waals surface area (Å²) in [5, 5.41) is 9.95. The van der Waals surface area contributed by atoms with Crippen molar-refractivity contribution >= 4 is 0 Å². The van der Waals surface area contributed by atoms with Gasteiger partial charge in [0.25, 0.3) is 0 Å². The van der Waals surface area contributed by atoms with E-state index in [1.807, 2.05) is 13.0 Å². The van der Waals surface area contributed by atoms with Crippen molar-refractivity contribution in [2.75, 3.05) is 0 Å². The third-order valence-electron chi connectivity index (χ3n) is 2.48. The van der Waals surface area contributed by atoms with E-state index >= 15 is 0 Å². The maximum absolute atomic E-state index is 9.95. The molecule has 0 saturated heterocycles. The van der Waals surface area contributed by atoms with Crippen LogP contribution in [0.5, 0.6) is 0 Å². The minimum Gasteiger partial charge on any atom is -0.472 e. The zero-order valence-electron chi connectivity index (χ0n) is 6.58. The van der Waals surface area contributed by atoms with E-state index in [0.29, 0.717) is 5.92 Å². The number of rotatable bonds is 2. The molecule has 0 radical (unpaired) electrons. The quantitative estimate of drug-likeness (QED) is 0.702. The van der Waals surface area contributed by atoms with Crippen LogP contribution in [0.2, 0.25) is 0 Å². The first kappa shape index (κ1) is 6.92. The predicted octanol–water partition coefficient (Wildman–Crippen LogP) is 1.90. The number of aliphatic hydroxyl groups is 1. The summed E-state index contributed by atoms with van der Waals surface area (Å²) in [6.45, 7) is 1.86. The first-order valence-electron chi connectivity index (χ1n) is 3.96. The molecule has 2 heteroatoms. The lowest BCUT2D eigenvalue weighted by atomic mass is 9.94. The fraction of sp³-hybridized carbons (Fsp3) is 0.556. The Morgan fingerprint density at radius 3 is 2.82 bits per heavy atom. The second kappa shape index (κ2) is 2.11. The van der Waals surface area contributed by atoms with Crippen molar-refractivity contribution in [1.29, 1.82) is 0 Å². The minimum absolute atomic E-state index is 0.445. The summed E-state index contributed by atoms with van der Waals surface area (Å²) in [5.41, 5.74) is 0.243. The average molecular weight is 152 g/mol. The molecule has 0 aliphatic heterocycles. The lowest BCUT2D eigenvalue weighted by Crippen LogP contribution is -2.22. The third kappa shape index (κ3) is 1.07. The predicted molar refractivity (Wildman–Crippen MR) is 41.0 cm³/mol. The van der Waals surface area contributed by atoms with Crippen LogP contribution in [0.3, 0.4) is 0 Å². The first-order chi connectivity index (χ1) is 5.21. The van der Waals surface area contributed by atoms with Gasteiger partial charge in [-0.3, -0.25) is 0 Å². The van der Waals surface area contributed by atoms with E-state index in [-0.39, 0.29) is 0 Å². The van der Waals surface area contributed by atoms with E-state index in [2.05, 4.69) is 0 Å². The largest absolute Gasteiger partial charge is 0.472 e. The monoisotopic (exact) mass is 152 g/mol. The van der Waals surface area contributed by atoms with Crippen LogP contribution in [0.15, 0.2) is 23.0 Å². The van der Waals surface area contributed by atoms with Crippen LogP contribution in [0.1, 0.15) is 25.3 Å². The lowest BCUT2D eigenvalue weighted by molar-refractivity contribution is 0.0325. The SMILES string of the molecule is CC(O)(c1ccoc1)C1CC1. The molecule has 1 heterocycles. The summed E-state index contributed by atoms with van der Waals surface area (Å²) < 4.78 is 4.92. The Bertz CT molecular complexity index is 232. The Kier molecular flexibility index (Phi) is 1.33. The maximum atomic E-state index is 9.95. The van der Waals surface area contributed by atoms with E-state index in [0.717, 1.165) is 18.4 Å². The second-order valence-corrected chi connectivity index (χ2v) is 3.43. The molecule has 0 amide bonds. The second-order valence-electron chi connectivity index (χ2n) is 3.43. The average Bonchev–Trinajstić information content (AvgIpc) is 2.66. The zero-order valence-corrected chi connectivity index (χ0v) is 6.58. The normalized spacial score (nSPS) is 23.1. The molecule has 11 heavy (non-hydrogen) atoms.